The first-order valence-electron chi connectivity index (χ1n) is 10.2. The highest BCUT2D eigenvalue weighted by Crippen LogP contribution is 2.44. The molecule has 7 nitrogen and oxygen atoms in total. The number of aromatic amines is 1. The van der Waals surface area contributed by atoms with Gasteiger partial charge in [-0.05, 0) is 40.3 Å². The van der Waals surface area contributed by atoms with Gasteiger partial charge in [-0.3, -0.25) is 4.79 Å². The topological polar surface area (TPSA) is 112 Å². The number of hydrogen-bond acceptors (Lipinski definition) is 5. The largest absolute Gasteiger partial charge is 0.449 e. The van der Waals surface area contributed by atoms with Crippen molar-refractivity contribution >= 4 is 6.09 Å². The van der Waals surface area contributed by atoms with Crippen molar-refractivity contribution in [1.29, 1.82) is 0 Å². The number of alkyl carbamates (subject to hydrolysis) is 1. The summed E-state index contributed by atoms with van der Waals surface area (Å²) in [6, 6.07) is 18.9. The summed E-state index contributed by atoms with van der Waals surface area (Å²) in [5.41, 5.74) is 4.69. The first-order chi connectivity index (χ1) is 15.0. The molecule has 0 aliphatic heterocycles. The molecule has 7 heteroatoms. The van der Waals surface area contributed by atoms with Crippen LogP contribution in [-0.4, -0.2) is 40.5 Å². The predicted molar refractivity (Wildman–Crippen MR) is 116 cm³/mol. The molecule has 3 aromatic rings. The van der Waals surface area contributed by atoms with Gasteiger partial charge in [0.2, 0.25) is 5.56 Å². The molecular formula is C24H24N2O5. The molecule has 2 atom stereocenters. The molecule has 4 N–H and O–H groups in total. The Morgan fingerprint density at radius 3 is 2.26 bits per heavy atom. The fourth-order valence-electron chi connectivity index (χ4n) is 3.96. The van der Waals surface area contributed by atoms with Crippen LogP contribution >= 0.6 is 0 Å². The molecule has 31 heavy (non-hydrogen) atoms. The molecule has 0 fully saturated rings. The molecule has 160 valence electrons. The fraction of sp³-hybridized carbons (Fsp3) is 0.250. The minimum atomic E-state index is -1.17. The summed E-state index contributed by atoms with van der Waals surface area (Å²) >= 11 is 0. The summed E-state index contributed by atoms with van der Waals surface area (Å²) in [7, 11) is 0. The number of benzene rings is 2. The maximum absolute atomic E-state index is 12.2. The van der Waals surface area contributed by atoms with Crippen LogP contribution in [0.3, 0.4) is 0 Å². The van der Waals surface area contributed by atoms with Crippen LogP contribution in [0.4, 0.5) is 4.79 Å². The van der Waals surface area contributed by atoms with Crippen LogP contribution in [0.2, 0.25) is 0 Å². The monoisotopic (exact) mass is 420 g/mol. The van der Waals surface area contributed by atoms with E-state index in [1.165, 1.54) is 18.3 Å². The number of carbonyl (C=O) groups excluding carboxylic acids is 1. The normalized spacial score (nSPS) is 14.4. The van der Waals surface area contributed by atoms with Gasteiger partial charge in [-0.25, -0.2) is 4.79 Å². The average Bonchev–Trinajstić information content (AvgIpc) is 3.11. The second-order valence-electron chi connectivity index (χ2n) is 7.54. The Labute approximate surface area is 179 Å². The quantitative estimate of drug-likeness (QED) is 0.470. The van der Waals surface area contributed by atoms with E-state index in [0.29, 0.717) is 5.56 Å². The molecule has 2 aromatic carbocycles. The molecule has 0 bridgehead atoms. The third-order valence-electron chi connectivity index (χ3n) is 5.57. The fourth-order valence-corrected chi connectivity index (χ4v) is 3.96. The van der Waals surface area contributed by atoms with Gasteiger partial charge < -0.3 is 25.3 Å². The van der Waals surface area contributed by atoms with Crippen molar-refractivity contribution in [2.75, 3.05) is 13.2 Å². The van der Waals surface area contributed by atoms with Crippen LogP contribution in [-0.2, 0) is 4.74 Å². The summed E-state index contributed by atoms with van der Waals surface area (Å²) in [4.78, 5) is 25.7. The summed E-state index contributed by atoms with van der Waals surface area (Å²) < 4.78 is 5.45. The molecule has 0 saturated heterocycles. The molecule has 0 radical (unpaired) electrons. The zero-order valence-corrected chi connectivity index (χ0v) is 16.8. The van der Waals surface area contributed by atoms with Crippen LogP contribution in [0, 0.1) is 0 Å². The Balaban J connectivity index is 1.28. The lowest BCUT2D eigenvalue weighted by atomic mass is 9.98. The molecule has 2 unspecified atom stereocenters. The molecule has 0 saturated carbocycles. The molecule has 1 heterocycles. The first-order valence-corrected chi connectivity index (χ1v) is 10.2. The Hall–Kier alpha value is -3.42. The van der Waals surface area contributed by atoms with Crippen LogP contribution in [0.15, 0.2) is 71.7 Å². The number of carbonyl (C=O) groups is 1. The standard InChI is InChI=1S/C24H24N2O5/c27-21(23(29)15-9-10-22(28)26-13-15)11-12-25-24(30)31-14-20-18-7-3-1-5-16(18)17-6-2-4-8-19(17)20/h1-10,13,20-21,23,27,29H,11-12,14H2,(H,25,30)(H,26,28). The number of aliphatic hydroxyl groups excluding tert-OH is 2. The Bertz CT molecular complexity index is 1060. The van der Waals surface area contributed by atoms with Crippen molar-refractivity contribution in [3.63, 3.8) is 0 Å². The number of aromatic nitrogens is 1. The summed E-state index contributed by atoms with van der Waals surface area (Å²) in [5.74, 6) is -0.0224. The highest BCUT2D eigenvalue weighted by Gasteiger charge is 2.29. The smallest absolute Gasteiger partial charge is 0.407 e. The lowest BCUT2D eigenvalue weighted by Crippen LogP contribution is -2.30. The number of pyridine rings is 1. The predicted octanol–water partition coefficient (Wildman–Crippen LogP) is 2.70. The van der Waals surface area contributed by atoms with E-state index in [-0.39, 0.29) is 31.0 Å². The van der Waals surface area contributed by atoms with Crippen molar-refractivity contribution in [3.05, 3.63) is 93.9 Å². The number of fused-ring (bicyclic) bond motifs is 3. The van der Waals surface area contributed by atoms with Crippen molar-refractivity contribution in [1.82, 2.24) is 10.3 Å². The van der Waals surface area contributed by atoms with E-state index in [1.807, 2.05) is 24.3 Å². The second kappa shape index (κ2) is 9.16. The van der Waals surface area contributed by atoms with Gasteiger partial charge in [-0.2, -0.15) is 0 Å². The number of nitrogens with one attached hydrogen (secondary N) is 2. The summed E-state index contributed by atoms with van der Waals surface area (Å²) in [5, 5.41) is 22.9. The molecule has 4 rings (SSSR count). The van der Waals surface area contributed by atoms with Gasteiger partial charge in [-0.1, -0.05) is 48.5 Å². The van der Waals surface area contributed by atoms with Crippen molar-refractivity contribution in [2.24, 2.45) is 0 Å². The van der Waals surface area contributed by atoms with E-state index in [1.54, 1.807) is 0 Å². The summed E-state index contributed by atoms with van der Waals surface area (Å²) in [6.45, 7) is 0.348. The first kappa shape index (κ1) is 20.8. The van der Waals surface area contributed by atoms with Gasteiger partial charge in [0.05, 0.1) is 6.10 Å². The minimum absolute atomic E-state index is 0.0224. The van der Waals surface area contributed by atoms with Crippen molar-refractivity contribution in [3.8, 4) is 11.1 Å². The van der Waals surface area contributed by atoms with E-state index in [0.717, 1.165) is 22.3 Å². The van der Waals surface area contributed by atoms with E-state index < -0.39 is 18.3 Å². The molecule has 1 amide bonds. The number of H-pyrrole nitrogens is 1. The number of ether oxygens (including phenoxy) is 1. The lowest BCUT2D eigenvalue weighted by molar-refractivity contribution is 0.0134. The van der Waals surface area contributed by atoms with E-state index >= 15 is 0 Å². The van der Waals surface area contributed by atoms with Gasteiger partial charge in [0.25, 0.3) is 0 Å². The average molecular weight is 420 g/mol. The molecule has 1 aliphatic rings. The molecular weight excluding hydrogens is 396 g/mol. The number of rotatable bonds is 7. The van der Waals surface area contributed by atoms with E-state index in [4.69, 9.17) is 4.74 Å². The molecule has 1 aliphatic carbocycles. The van der Waals surface area contributed by atoms with Crippen LogP contribution < -0.4 is 10.9 Å². The van der Waals surface area contributed by atoms with Gasteiger partial charge >= 0.3 is 6.09 Å². The maximum atomic E-state index is 12.2. The maximum Gasteiger partial charge on any atom is 0.407 e. The lowest BCUT2D eigenvalue weighted by Gasteiger charge is -2.18. The number of amides is 1. The summed E-state index contributed by atoms with van der Waals surface area (Å²) in [6.07, 6.45) is -1.35. The Morgan fingerprint density at radius 2 is 1.65 bits per heavy atom. The number of hydrogen-bond donors (Lipinski definition) is 4. The molecule has 1 aromatic heterocycles. The van der Waals surface area contributed by atoms with Crippen LogP contribution in [0.5, 0.6) is 0 Å². The second-order valence-corrected chi connectivity index (χ2v) is 7.54. The van der Waals surface area contributed by atoms with Gasteiger partial charge in [0.1, 0.15) is 12.7 Å². The third-order valence-corrected chi connectivity index (χ3v) is 5.57. The van der Waals surface area contributed by atoms with Gasteiger partial charge in [0.15, 0.2) is 0 Å². The van der Waals surface area contributed by atoms with E-state index in [9.17, 15) is 19.8 Å². The molecule has 0 spiro atoms. The third kappa shape index (κ3) is 4.52. The van der Waals surface area contributed by atoms with Crippen molar-refractivity contribution in [2.45, 2.75) is 24.5 Å². The van der Waals surface area contributed by atoms with E-state index in [2.05, 4.69) is 34.6 Å². The van der Waals surface area contributed by atoms with Crippen molar-refractivity contribution < 1.29 is 19.7 Å². The highest BCUT2D eigenvalue weighted by atomic mass is 16.5. The SMILES string of the molecule is O=C(NCCC(O)C(O)c1ccc(=O)[nH]c1)OCC1c2ccccc2-c2ccccc21. The van der Waals surface area contributed by atoms with Gasteiger partial charge in [-0.15, -0.1) is 0 Å². The highest BCUT2D eigenvalue weighted by molar-refractivity contribution is 5.79. The Kier molecular flexibility index (Phi) is 6.16. The van der Waals surface area contributed by atoms with Crippen LogP contribution in [0.25, 0.3) is 11.1 Å². The minimum Gasteiger partial charge on any atom is -0.449 e. The number of aliphatic hydroxyl groups is 2. The zero-order valence-electron chi connectivity index (χ0n) is 16.8. The zero-order chi connectivity index (χ0) is 21.8. The van der Waals surface area contributed by atoms with Gasteiger partial charge in [0, 0.05) is 24.7 Å². The Morgan fingerprint density at radius 1 is 1.00 bits per heavy atom. The van der Waals surface area contributed by atoms with Crippen LogP contribution in [0.1, 0.15) is 35.1 Å².